The number of aryl methyl sites for hydroxylation is 1. The van der Waals surface area contributed by atoms with E-state index < -0.39 is 0 Å². The topological polar surface area (TPSA) is 26.0 Å². The van der Waals surface area contributed by atoms with Crippen LogP contribution in [-0.2, 0) is 0 Å². The SMILES string of the molecule is CCC(N)CCC(C)c1ccc(C)cc1F. The minimum atomic E-state index is -0.0856. The van der Waals surface area contributed by atoms with Crippen molar-refractivity contribution in [3.8, 4) is 0 Å². The Morgan fingerprint density at radius 3 is 2.56 bits per heavy atom. The smallest absolute Gasteiger partial charge is 0.126 e. The van der Waals surface area contributed by atoms with Gasteiger partial charge in [0.15, 0.2) is 0 Å². The predicted molar refractivity (Wildman–Crippen MR) is 67.1 cm³/mol. The van der Waals surface area contributed by atoms with Gasteiger partial charge in [0.2, 0.25) is 0 Å². The van der Waals surface area contributed by atoms with Crippen LogP contribution in [0.5, 0.6) is 0 Å². The number of rotatable bonds is 5. The van der Waals surface area contributed by atoms with Crippen LogP contribution in [0.1, 0.15) is 50.2 Å². The highest BCUT2D eigenvalue weighted by molar-refractivity contribution is 5.26. The van der Waals surface area contributed by atoms with Crippen LogP contribution in [0.3, 0.4) is 0 Å². The summed E-state index contributed by atoms with van der Waals surface area (Å²) in [5, 5.41) is 0. The second-order valence-electron chi connectivity index (χ2n) is 4.67. The van der Waals surface area contributed by atoms with Gasteiger partial charge in [0.05, 0.1) is 0 Å². The summed E-state index contributed by atoms with van der Waals surface area (Å²) in [5.74, 6) is 0.163. The van der Waals surface area contributed by atoms with Gasteiger partial charge in [-0.25, -0.2) is 4.39 Å². The first kappa shape index (κ1) is 13.2. The zero-order chi connectivity index (χ0) is 12.1. The molecule has 0 bridgehead atoms. The molecule has 2 heteroatoms. The van der Waals surface area contributed by atoms with Crippen LogP contribution < -0.4 is 5.73 Å². The number of benzene rings is 1. The third kappa shape index (κ3) is 3.60. The van der Waals surface area contributed by atoms with Gasteiger partial charge in [-0.05, 0) is 49.3 Å². The molecule has 0 aliphatic heterocycles. The second-order valence-corrected chi connectivity index (χ2v) is 4.67. The van der Waals surface area contributed by atoms with Crippen LogP contribution in [0, 0.1) is 12.7 Å². The largest absolute Gasteiger partial charge is 0.328 e. The molecule has 2 N–H and O–H groups in total. The van der Waals surface area contributed by atoms with E-state index in [4.69, 9.17) is 5.73 Å². The van der Waals surface area contributed by atoms with Gasteiger partial charge in [-0.2, -0.15) is 0 Å². The van der Waals surface area contributed by atoms with Crippen molar-refractivity contribution in [2.75, 3.05) is 0 Å². The Balaban J connectivity index is 2.62. The van der Waals surface area contributed by atoms with Crippen LogP contribution in [-0.4, -0.2) is 6.04 Å². The summed E-state index contributed by atoms with van der Waals surface area (Å²) in [5.41, 5.74) is 7.65. The number of hydrogen-bond acceptors (Lipinski definition) is 1. The summed E-state index contributed by atoms with van der Waals surface area (Å²) in [7, 11) is 0. The zero-order valence-corrected chi connectivity index (χ0v) is 10.5. The van der Waals surface area contributed by atoms with E-state index in [1.54, 1.807) is 6.07 Å². The van der Waals surface area contributed by atoms with Crippen molar-refractivity contribution in [3.05, 3.63) is 35.1 Å². The molecule has 1 aromatic carbocycles. The van der Waals surface area contributed by atoms with E-state index in [1.807, 2.05) is 19.1 Å². The Kier molecular flexibility index (Phi) is 4.94. The fourth-order valence-electron chi connectivity index (χ4n) is 1.86. The fourth-order valence-corrected chi connectivity index (χ4v) is 1.86. The van der Waals surface area contributed by atoms with Gasteiger partial charge in [0, 0.05) is 6.04 Å². The average Bonchev–Trinajstić information content (AvgIpc) is 2.25. The van der Waals surface area contributed by atoms with Crippen LogP contribution in [0.2, 0.25) is 0 Å². The van der Waals surface area contributed by atoms with Crippen LogP contribution in [0.15, 0.2) is 18.2 Å². The molecule has 0 fully saturated rings. The number of nitrogens with two attached hydrogens (primary N) is 1. The van der Waals surface area contributed by atoms with Crippen LogP contribution >= 0.6 is 0 Å². The summed E-state index contributed by atoms with van der Waals surface area (Å²) < 4.78 is 13.7. The molecule has 1 aromatic rings. The maximum absolute atomic E-state index is 13.7. The molecule has 1 rings (SSSR count). The molecule has 1 nitrogen and oxygen atoms in total. The molecule has 0 radical (unpaired) electrons. The van der Waals surface area contributed by atoms with Crippen molar-refractivity contribution in [1.29, 1.82) is 0 Å². The molecular weight excluding hydrogens is 201 g/mol. The lowest BCUT2D eigenvalue weighted by atomic mass is 9.93. The van der Waals surface area contributed by atoms with Gasteiger partial charge in [0.1, 0.15) is 5.82 Å². The van der Waals surface area contributed by atoms with Crippen LogP contribution in [0.4, 0.5) is 4.39 Å². The third-order valence-electron chi connectivity index (χ3n) is 3.18. The third-order valence-corrected chi connectivity index (χ3v) is 3.18. The number of halogens is 1. The molecule has 2 atom stereocenters. The maximum Gasteiger partial charge on any atom is 0.126 e. The predicted octanol–water partition coefficient (Wildman–Crippen LogP) is 3.76. The van der Waals surface area contributed by atoms with E-state index in [9.17, 15) is 4.39 Å². The summed E-state index contributed by atoms with van der Waals surface area (Å²) in [6.07, 6.45) is 2.91. The Morgan fingerprint density at radius 2 is 2.00 bits per heavy atom. The van der Waals surface area contributed by atoms with E-state index >= 15 is 0 Å². The monoisotopic (exact) mass is 223 g/mol. The molecule has 2 unspecified atom stereocenters. The quantitative estimate of drug-likeness (QED) is 0.808. The summed E-state index contributed by atoms with van der Waals surface area (Å²) >= 11 is 0. The summed E-state index contributed by atoms with van der Waals surface area (Å²) in [6, 6.07) is 5.71. The first-order valence-electron chi connectivity index (χ1n) is 6.06. The number of hydrogen-bond donors (Lipinski definition) is 1. The highest BCUT2D eigenvalue weighted by atomic mass is 19.1. The van der Waals surface area contributed by atoms with Crippen molar-refractivity contribution in [2.24, 2.45) is 5.73 Å². The molecule has 0 saturated heterocycles. The first-order chi connectivity index (χ1) is 7.54. The fraction of sp³-hybridized carbons (Fsp3) is 0.571. The molecule has 0 spiro atoms. The molecule has 0 aliphatic rings. The van der Waals surface area contributed by atoms with Gasteiger partial charge < -0.3 is 5.73 Å². The summed E-state index contributed by atoms with van der Waals surface area (Å²) in [6.45, 7) is 6.06. The standard InChI is InChI=1S/C14H22FN/c1-4-12(16)7-6-11(3)13-8-5-10(2)9-14(13)15/h5,8-9,11-12H,4,6-7,16H2,1-3H3. The first-order valence-corrected chi connectivity index (χ1v) is 6.06. The second kappa shape index (κ2) is 6.00. The normalized spacial score (nSPS) is 14.8. The highest BCUT2D eigenvalue weighted by Crippen LogP contribution is 2.24. The molecule has 0 aromatic heterocycles. The van der Waals surface area contributed by atoms with Crippen molar-refractivity contribution in [3.63, 3.8) is 0 Å². The zero-order valence-electron chi connectivity index (χ0n) is 10.5. The van der Waals surface area contributed by atoms with E-state index in [1.165, 1.54) is 0 Å². The van der Waals surface area contributed by atoms with Gasteiger partial charge in [-0.3, -0.25) is 0 Å². The van der Waals surface area contributed by atoms with Crippen molar-refractivity contribution >= 4 is 0 Å². The molecule has 90 valence electrons. The molecule has 0 amide bonds. The average molecular weight is 223 g/mol. The lowest BCUT2D eigenvalue weighted by Crippen LogP contribution is -2.19. The molecule has 0 saturated carbocycles. The maximum atomic E-state index is 13.7. The van der Waals surface area contributed by atoms with E-state index in [0.29, 0.717) is 0 Å². The van der Waals surface area contributed by atoms with E-state index in [0.717, 1.165) is 30.4 Å². The molecule has 0 aliphatic carbocycles. The molecule has 0 heterocycles. The van der Waals surface area contributed by atoms with Gasteiger partial charge in [-0.1, -0.05) is 26.0 Å². The van der Waals surface area contributed by atoms with E-state index in [-0.39, 0.29) is 17.8 Å². The van der Waals surface area contributed by atoms with Crippen LogP contribution in [0.25, 0.3) is 0 Å². The minimum absolute atomic E-state index is 0.0856. The van der Waals surface area contributed by atoms with E-state index in [2.05, 4.69) is 13.8 Å². The molecular formula is C14H22FN. The Morgan fingerprint density at radius 1 is 1.31 bits per heavy atom. The Hall–Kier alpha value is -0.890. The Labute approximate surface area is 97.9 Å². The van der Waals surface area contributed by atoms with Gasteiger partial charge in [-0.15, -0.1) is 0 Å². The van der Waals surface area contributed by atoms with Gasteiger partial charge in [0.25, 0.3) is 0 Å². The Bertz CT molecular complexity index is 336. The highest BCUT2D eigenvalue weighted by Gasteiger charge is 2.12. The van der Waals surface area contributed by atoms with Crippen molar-refractivity contribution in [1.82, 2.24) is 0 Å². The van der Waals surface area contributed by atoms with Crippen molar-refractivity contribution in [2.45, 2.75) is 52.0 Å². The molecule has 16 heavy (non-hydrogen) atoms. The van der Waals surface area contributed by atoms with Crippen molar-refractivity contribution < 1.29 is 4.39 Å². The lowest BCUT2D eigenvalue weighted by molar-refractivity contribution is 0.512. The lowest BCUT2D eigenvalue weighted by Gasteiger charge is -2.15. The minimum Gasteiger partial charge on any atom is -0.328 e. The summed E-state index contributed by atoms with van der Waals surface area (Å²) in [4.78, 5) is 0. The van der Waals surface area contributed by atoms with Gasteiger partial charge >= 0.3 is 0 Å².